The smallest absolute Gasteiger partial charge is 0.120 e. The maximum Gasteiger partial charge on any atom is 0.120 e. The van der Waals surface area contributed by atoms with E-state index in [4.69, 9.17) is 0 Å². The molecule has 3 nitrogen and oxygen atoms in total. The first kappa shape index (κ1) is 14.4. The van der Waals surface area contributed by atoms with Gasteiger partial charge in [0.15, 0.2) is 0 Å². The van der Waals surface area contributed by atoms with Gasteiger partial charge in [-0.3, -0.25) is 0 Å². The van der Waals surface area contributed by atoms with Gasteiger partial charge in [-0.05, 0) is 37.1 Å². The van der Waals surface area contributed by atoms with Gasteiger partial charge in [-0.25, -0.2) is 0 Å². The lowest BCUT2D eigenvalue weighted by atomic mass is 10.0. The molecule has 20 heavy (non-hydrogen) atoms. The molecule has 3 heteroatoms. The molecular weight excluding hydrogens is 250 g/mol. The van der Waals surface area contributed by atoms with E-state index in [0.29, 0.717) is 5.75 Å². The van der Waals surface area contributed by atoms with Gasteiger partial charge in [0.2, 0.25) is 0 Å². The number of phenols is 2. The van der Waals surface area contributed by atoms with E-state index < -0.39 is 0 Å². The molecule has 0 aromatic heterocycles. The summed E-state index contributed by atoms with van der Waals surface area (Å²) in [6, 6.07) is 14.8. The molecule has 2 atom stereocenters. The number of rotatable bonds is 5. The maximum atomic E-state index is 9.96. The molecule has 0 radical (unpaired) electrons. The molecule has 0 amide bonds. The van der Waals surface area contributed by atoms with Crippen LogP contribution in [0.25, 0.3) is 0 Å². The lowest BCUT2D eigenvalue weighted by molar-refractivity contribution is 0.417. The average molecular weight is 271 g/mol. The molecule has 0 bridgehead atoms. The molecule has 0 spiro atoms. The standard InChI is InChI=1S/C17H21NO2/c1-3-16(15-9-4-5-10-17(15)20)18-12(2)13-7-6-8-14(19)11-13/h4-12,16,18-20H,3H2,1-2H3. The molecule has 106 valence electrons. The number of para-hydroxylation sites is 1. The molecule has 2 aromatic rings. The predicted molar refractivity (Wildman–Crippen MR) is 80.8 cm³/mol. The quantitative estimate of drug-likeness (QED) is 0.773. The van der Waals surface area contributed by atoms with Crippen molar-refractivity contribution in [3.63, 3.8) is 0 Å². The van der Waals surface area contributed by atoms with Crippen LogP contribution >= 0.6 is 0 Å². The summed E-state index contributed by atoms with van der Waals surface area (Å²) in [7, 11) is 0. The Kier molecular flexibility index (Phi) is 4.64. The zero-order chi connectivity index (χ0) is 14.5. The molecule has 0 aliphatic rings. The summed E-state index contributed by atoms with van der Waals surface area (Å²) >= 11 is 0. The van der Waals surface area contributed by atoms with Gasteiger partial charge in [0, 0.05) is 17.6 Å². The predicted octanol–water partition coefficient (Wildman–Crippen LogP) is 3.90. The molecule has 0 saturated carbocycles. The first-order chi connectivity index (χ1) is 9.61. The summed E-state index contributed by atoms with van der Waals surface area (Å²) in [6.07, 6.45) is 0.876. The monoisotopic (exact) mass is 271 g/mol. The maximum absolute atomic E-state index is 9.96. The van der Waals surface area contributed by atoms with Crippen LogP contribution in [0.3, 0.4) is 0 Å². The minimum Gasteiger partial charge on any atom is -0.508 e. The molecule has 0 aliphatic heterocycles. The van der Waals surface area contributed by atoms with Crippen LogP contribution in [0, 0.1) is 0 Å². The van der Waals surface area contributed by atoms with Crippen LogP contribution in [-0.2, 0) is 0 Å². The molecule has 0 saturated heterocycles. The Bertz CT molecular complexity index is 568. The fourth-order valence-corrected chi connectivity index (χ4v) is 2.40. The van der Waals surface area contributed by atoms with Gasteiger partial charge in [0.1, 0.15) is 11.5 Å². The molecule has 2 rings (SSSR count). The van der Waals surface area contributed by atoms with E-state index in [9.17, 15) is 10.2 Å². The number of phenolic OH excluding ortho intramolecular Hbond substituents is 2. The molecule has 2 aromatic carbocycles. The molecule has 0 fully saturated rings. The summed E-state index contributed by atoms with van der Waals surface area (Å²) in [5, 5.41) is 23.0. The third-order valence-electron chi connectivity index (χ3n) is 3.54. The van der Waals surface area contributed by atoms with Gasteiger partial charge in [0.05, 0.1) is 0 Å². The van der Waals surface area contributed by atoms with E-state index >= 15 is 0 Å². The molecular formula is C17H21NO2. The first-order valence-electron chi connectivity index (χ1n) is 6.94. The Labute approximate surface area is 119 Å². The minimum atomic E-state index is 0.0774. The van der Waals surface area contributed by atoms with E-state index in [-0.39, 0.29) is 17.8 Å². The van der Waals surface area contributed by atoms with Gasteiger partial charge >= 0.3 is 0 Å². The zero-order valence-corrected chi connectivity index (χ0v) is 11.9. The SMILES string of the molecule is CCC(NC(C)c1cccc(O)c1)c1ccccc1O. The number of hydrogen-bond acceptors (Lipinski definition) is 3. The van der Waals surface area contributed by atoms with Gasteiger partial charge in [0.25, 0.3) is 0 Å². The van der Waals surface area contributed by atoms with Crippen molar-refractivity contribution in [2.75, 3.05) is 0 Å². The largest absolute Gasteiger partial charge is 0.508 e. The zero-order valence-electron chi connectivity index (χ0n) is 11.9. The van der Waals surface area contributed by atoms with Crippen molar-refractivity contribution >= 4 is 0 Å². The van der Waals surface area contributed by atoms with Crippen LogP contribution in [0.5, 0.6) is 11.5 Å². The highest BCUT2D eigenvalue weighted by atomic mass is 16.3. The van der Waals surface area contributed by atoms with Crippen molar-refractivity contribution in [1.29, 1.82) is 0 Å². The van der Waals surface area contributed by atoms with Crippen LogP contribution in [-0.4, -0.2) is 10.2 Å². The number of aromatic hydroxyl groups is 2. The van der Waals surface area contributed by atoms with Crippen LogP contribution < -0.4 is 5.32 Å². The number of nitrogens with one attached hydrogen (secondary N) is 1. The van der Waals surface area contributed by atoms with Crippen LogP contribution in [0.2, 0.25) is 0 Å². The summed E-state index contributed by atoms with van der Waals surface area (Å²) in [4.78, 5) is 0. The summed E-state index contributed by atoms with van der Waals surface area (Å²) in [5.41, 5.74) is 1.93. The third kappa shape index (κ3) is 3.31. The minimum absolute atomic E-state index is 0.0774. The highest BCUT2D eigenvalue weighted by Gasteiger charge is 2.16. The second-order valence-electron chi connectivity index (χ2n) is 5.00. The lowest BCUT2D eigenvalue weighted by Gasteiger charge is -2.23. The van der Waals surface area contributed by atoms with Gasteiger partial charge < -0.3 is 15.5 Å². The normalized spacial score (nSPS) is 13.9. The first-order valence-corrected chi connectivity index (χ1v) is 6.94. The Morgan fingerprint density at radius 3 is 2.45 bits per heavy atom. The van der Waals surface area contributed by atoms with E-state index in [2.05, 4.69) is 19.2 Å². The van der Waals surface area contributed by atoms with Crippen LogP contribution in [0.4, 0.5) is 0 Å². The molecule has 0 aliphatic carbocycles. The second kappa shape index (κ2) is 6.44. The fourth-order valence-electron chi connectivity index (χ4n) is 2.40. The number of hydrogen-bond donors (Lipinski definition) is 3. The molecule has 3 N–H and O–H groups in total. The second-order valence-corrected chi connectivity index (χ2v) is 5.00. The van der Waals surface area contributed by atoms with Crippen molar-refractivity contribution in [3.8, 4) is 11.5 Å². The van der Waals surface area contributed by atoms with E-state index in [1.54, 1.807) is 18.2 Å². The van der Waals surface area contributed by atoms with Gasteiger partial charge in [-0.2, -0.15) is 0 Å². The summed E-state index contributed by atoms with van der Waals surface area (Å²) in [6.45, 7) is 4.14. The van der Waals surface area contributed by atoms with E-state index in [0.717, 1.165) is 17.5 Å². The van der Waals surface area contributed by atoms with Crippen molar-refractivity contribution < 1.29 is 10.2 Å². The Morgan fingerprint density at radius 2 is 1.80 bits per heavy atom. The molecule has 0 heterocycles. The van der Waals surface area contributed by atoms with Crippen LogP contribution in [0.1, 0.15) is 43.5 Å². The summed E-state index contributed by atoms with van der Waals surface area (Å²) < 4.78 is 0. The van der Waals surface area contributed by atoms with E-state index in [1.807, 2.05) is 30.3 Å². The fraction of sp³-hybridized carbons (Fsp3) is 0.294. The Morgan fingerprint density at radius 1 is 1.05 bits per heavy atom. The van der Waals surface area contributed by atoms with Crippen molar-refractivity contribution in [2.45, 2.75) is 32.4 Å². The van der Waals surface area contributed by atoms with Gasteiger partial charge in [-0.15, -0.1) is 0 Å². The van der Waals surface area contributed by atoms with Crippen molar-refractivity contribution in [2.24, 2.45) is 0 Å². The highest BCUT2D eigenvalue weighted by molar-refractivity contribution is 5.35. The van der Waals surface area contributed by atoms with Crippen molar-refractivity contribution in [1.82, 2.24) is 5.32 Å². The highest BCUT2D eigenvalue weighted by Crippen LogP contribution is 2.29. The Hall–Kier alpha value is -2.00. The van der Waals surface area contributed by atoms with Crippen molar-refractivity contribution in [3.05, 3.63) is 59.7 Å². The van der Waals surface area contributed by atoms with E-state index in [1.165, 1.54) is 0 Å². The Balaban J connectivity index is 2.16. The average Bonchev–Trinajstić information content (AvgIpc) is 2.45. The number of benzene rings is 2. The summed E-state index contributed by atoms with van der Waals surface area (Å²) in [5.74, 6) is 0.585. The lowest BCUT2D eigenvalue weighted by Crippen LogP contribution is -2.24. The topological polar surface area (TPSA) is 52.5 Å². The van der Waals surface area contributed by atoms with Gasteiger partial charge in [-0.1, -0.05) is 37.3 Å². The molecule has 2 unspecified atom stereocenters. The third-order valence-corrected chi connectivity index (χ3v) is 3.54. The van der Waals surface area contributed by atoms with Crippen LogP contribution in [0.15, 0.2) is 48.5 Å².